The zero-order chi connectivity index (χ0) is 13.2. The summed E-state index contributed by atoms with van der Waals surface area (Å²) in [6.45, 7) is 4.76. The fourth-order valence-electron chi connectivity index (χ4n) is 2.54. The van der Waals surface area contributed by atoms with Crippen molar-refractivity contribution in [3.8, 4) is 0 Å². The fraction of sp³-hybridized carbons (Fsp3) is 0.857. The Balaban J connectivity index is 1.85. The quantitative estimate of drug-likeness (QED) is 0.730. The Morgan fingerprint density at radius 3 is 2.28 bits per heavy atom. The average molecular weight is 252 g/mol. The molecule has 0 radical (unpaired) electrons. The molecule has 0 heterocycles. The van der Waals surface area contributed by atoms with Gasteiger partial charge in [-0.2, -0.15) is 0 Å². The highest BCUT2D eigenvalue weighted by atomic mass is 16.2. The Hall–Kier alpha value is -1.06. The Kier molecular flexibility index (Phi) is 3.93. The summed E-state index contributed by atoms with van der Waals surface area (Å²) in [7, 11) is 0. The molecular formula is C14H24N2O2. The fourth-order valence-corrected chi connectivity index (χ4v) is 2.54. The van der Waals surface area contributed by atoms with Crippen LogP contribution in [0.5, 0.6) is 0 Å². The standard InChI is InChI=1S/C14H24N2O2/c1-10(2)9-15-12(17)14(7-8-14)13(18)16-11-5-3-4-6-11/h10-11H,3-9H2,1-2H3,(H,15,17)(H,16,18). The molecule has 2 rings (SSSR count). The summed E-state index contributed by atoms with van der Waals surface area (Å²) < 4.78 is 0. The lowest BCUT2D eigenvalue weighted by Gasteiger charge is -2.19. The molecule has 18 heavy (non-hydrogen) atoms. The summed E-state index contributed by atoms with van der Waals surface area (Å²) in [5.74, 6) is 0.296. The normalized spacial score (nSPS) is 21.9. The van der Waals surface area contributed by atoms with Crippen molar-refractivity contribution in [2.75, 3.05) is 6.54 Å². The van der Waals surface area contributed by atoms with Gasteiger partial charge in [0.25, 0.3) is 0 Å². The van der Waals surface area contributed by atoms with Gasteiger partial charge in [-0.3, -0.25) is 9.59 Å². The molecule has 0 aliphatic heterocycles. The maximum absolute atomic E-state index is 12.2. The molecule has 0 aromatic carbocycles. The lowest BCUT2D eigenvalue weighted by molar-refractivity contribution is -0.137. The zero-order valence-electron chi connectivity index (χ0n) is 11.4. The Morgan fingerprint density at radius 1 is 1.17 bits per heavy atom. The molecule has 2 N–H and O–H groups in total. The van der Waals surface area contributed by atoms with Crippen LogP contribution in [0.2, 0.25) is 0 Å². The van der Waals surface area contributed by atoms with Gasteiger partial charge >= 0.3 is 0 Å². The van der Waals surface area contributed by atoms with Crippen LogP contribution in [0.3, 0.4) is 0 Å². The van der Waals surface area contributed by atoms with Gasteiger partial charge in [0.2, 0.25) is 11.8 Å². The molecule has 0 aromatic heterocycles. The van der Waals surface area contributed by atoms with Crippen molar-refractivity contribution in [3.63, 3.8) is 0 Å². The largest absolute Gasteiger partial charge is 0.355 e. The van der Waals surface area contributed by atoms with Gasteiger partial charge in [-0.05, 0) is 31.6 Å². The van der Waals surface area contributed by atoms with E-state index in [1.807, 2.05) is 0 Å². The predicted octanol–water partition coefficient (Wildman–Crippen LogP) is 1.60. The summed E-state index contributed by atoms with van der Waals surface area (Å²) in [6.07, 6.45) is 5.92. The Labute approximate surface area is 109 Å². The molecule has 2 fully saturated rings. The third-order valence-corrected chi connectivity index (χ3v) is 3.98. The van der Waals surface area contributed by atoms with Crippen LogP contribution in [0.25, 0.3) is 0 Å². The monoisotopic (exact) mass is 252 g/mol. The van der Waals surface area contributed by atoms with E-state index in [9.17, 15) is 9.59 Å². The van der Waals surface area contributed by atoms with Crippen molar-refractivity contribution in [1.29, 1.82) is 0 Å². The van der Waals surface area contributed by atoms with Crippen molar-refractivity contribution < 1.29 is 9.59 Å². The molecule has 102 valence electrons. The number of hydrogen-bond donors (Lipinski definition) is 2. The number of carbonyl (C=O) groups excluding carboxylic acids is 2. The van der Waals surface area contributed by atoms with Gasteiger partial charge in [-0.25, -0.2) is 0 Å². The van der Waals surface area contributed by atoms with Crippen LogP contribution in [0.1, 0.15) is 52.4 Å². The first-order valence-corrected chi connectivity index (χ1v) is 7.14. The van der Waals surface area contributed by atoms with E-state index in [0.717, 1.165) is 12.8 Å². The molecule has 4 nitrogen and oxygen atoms in total. The lowest BCUT2D eigenvalue weighted by Crippen LogP contribution is -2.46. The second-order valence-corrected chi connectivity index (χ2v) is 6.14. The highest BCUT2D eigenvalue weighted by Crippen LogP contribution is 2.46. The van der Waals surface area contributed by atoms with E-state index >= 15 is 0 Å². The summed E-state index contributed by atoms with van der Waals surface area (Å²) in [4.78, 5) is 24.3. The third-order valence-electron chi connectivity index (χ3n) is 3.98. The second kappa shape index (κ2) is 5.29. The van der Waals surface area contributed by atoms with Crippen LogP contribution < -0.4 is 10.6 Å². The van der Waals surface area contributed by atoms with E-state index in [2.05, 4.69) is 24.5 Å². The van der Waals surface area contributed by atoms with Crippen molar-refractivity contribution in [3.05, 3.63) is 0 Å². The van der Waals surface area contributed by atoms with Crippen LogP contribution in [-0.2, 0) is 9.59 Å². The average Bonchev–Trinajstić information content (AvgIpc) is 2.99. The highest BCUT2D eigenvalue weighted by Gasteiger charge is 2.56. The zero-order valence-corrected chi connectivity index (χ0v) is 11.4. The molecule has 0 spiro atoms. The third kappa shape index (κ3) is 2.85. The topological polar surface area (TPSA) is 58.2 Å². The molecule has 2 aliphatic rings. The maximum Gasteiger partial charge on any atom is 0.235 e. The first kappa shape index (κ1) is 13.4. The van der Waals surface area contributed by atoms with Crippen molar-refractivity contribution >= 4 is 11.8 Å². The van der Waals surface area contributed by atoms with Crippen molar-refractivity contribution in [1.82, 2.24) is 10.6 Å². The molecule has 4 heteroatoms. The minimum atomic E-state index is -0.739. The summed E-state index contributed by atoms with van der Waals surface area (Å²) >= 11 is 0. The molecule has 2 amide bonds. The van der Waals surface area contributed by atoms with E-state index in [1.165, 1.54) is 12.8 Å². The van der Waals surface area contributed by atoms with E-state index in [1.54, 1.807) is 0 Å². The molecule has 2 aliphatic carbocycles. The summed E-state index contributed by atoms with van der Waals surface area (Å²) in [5.41, 5.74) is -0.739. The summed E-state index contributed by atoms with van der Waals surface area (Å²) in [5, 5.41) is 5.94. The molecule has 0 aromatic rings. The maximum atomic E-state index is 12.2. The van der Waals surface area contributed by atoms with Gasteiger partial charge < -0.3 is 10.6 Å². The number of nitrogens with one attached hydrogen (secondary N) is 2. The molecule has 0 atom stereocenters. The Bertz CT molecular complexity index is 329. The van der Waals surface area contributed by atoms with Gasteiger partial charge in [0.1, 0.15) is 5.41 Å². The van der Waals surface area contributed by atoms with Gasteiger partial charge in [0.15, 0.2) is 0 Å². The summed E-state index contributed by atoms with van der Waals surface area (Å²) in [6, 6.07) is 0.299. The van der Waals surface area contributed by atoms with Gasteiger partial charge in [-0.15, -0.1) is 0 Å². The molecule has 0 saturated heterocycles. The minimum Gasteiger partial charge on any atom is -0.355 e. The van der Waals surface area contributed by atoms with Crippen LogP contribution in [0, 0.1) is 11.3 Å². The molecular weight excluding hydrogens is 228 g/mol. The van der Waals surface area contributed by atoms with Crippen molar-refractivity contribution in [2.24, 2.45) is 11.3 Å². The molecule has 0 unspecified atom stereocenters. The Morgan fingerprint density at radius 2 is 1.78 bits per heavy atom. The van der Waals surface area contributed by atoms with Gasteiger partial charge in [0, 0.05) is 12.6 Å². The predicted molar refractivity (Wildman–Crippen MR) is 69.9 cm³/mol. The van der Waals surface area contributed by atoms with Crippen LogP contribution in [-0.4, -0.2) is 24.4 Å². The SMILES string of the molecule is CC(C)CNC(=O)C1(C(=O)NC2CCCC2)CC1. The van der Waals surface area contributed by atoms with E-state index < -0.39 is 5.41 Å². The van der Waals surface area contributed by atoms with Gasteiger partial charge in [-0.1, -0.05) is 26.7 Å². The van der Waals surface area contributed by atoms with E-state index in [4.69, 9.17) is 0 Å². The molecule has 0 bridgehead atoms. The van der Waals surface area contributed by atoms with E-state index in [0.29, 0.717) is 31.3 Å². The van der Waals surface area contributed by atoms with Crippen LogP contribution in [0.4, 0.5) is 0 Å². The minimum absolute atomic E-state index is 0.0457. The number of hydrogen-bond acceptors (Lipinski definition) is 2. The first-order valence-electron chi connectivity index (χ1n) is 7.14. The van der Waals surface area contributed by atoms with Crippen LogP contribution in [0.15, 0.2) is 0 Å². The number of carbonyl (C=O) groups is 2. The molecule has 2 saturated carbocycles. The smallest absolute Gasteiger partial charge is 0.235 e. The van der Waals surface area contributed by atoms with Gasteiger partial charge in [0.05, 0.1) is 0 Å². The first-order chi connectivity index (χ1) is 8.54. The highest BCUT2D eigenvalue weighted by molar-refractivity contribution is 6.07. The van der Waals surface area contributed by atoms with Crippen LogP contribution >= 0.6 is 0 Å². The number of rotatable bonds is 5. The van der Waals surface area contributed by atoms with E-state index in [-0.39, 0.29) is 11.8 Å². The number of amides is 2. The lowest BCUT2D eigenvalue weighted by atomic mass is 10.0. The second-order valence-electron chi connectivity index (χ2n) is 6.14. The van der Waals surface area contributed by atoms with Crippen molar-refractivity contribution in [2.45, 2.75) is 58.4 Å².